The van der Waals surface area contributed by atoms with Gasteiger partial charge in [0.25, 0.3) is 0 Å². The molecule has 1 unspecified atom stereocenters. The van der Waals surface area contributed by atoms with E-state index in [1.165, 1.54) is 11.1 Å². The Kier molecular flexibility index (Phi) is 5.66. The molecule has 0 nitrogen and oxygen atoms in total. The summed E-state index contributed by atoms with van der Waals surface area (Å²) in [6.45, 7) is 4.51. The van der Waals surface area contributed by atoms with Gasteiger partial charge in [0.2, 0.25) is 0 Å². The van der Waals surface area contributed by atoms with Crippen LogP contribution >= 0.6 is 0 Å². The SMILES string of the molecule is Cc1cccc2c1C(C)[C]([Zr+2])=C2.[Cl-].[Cl-]. The molecule has 1 aromatic rings. The maximum absolute atomic E-state index is 2.34. The van der Waals surface area contributed by atoms with Crippen molar-refractivity contribution < 1.29 is 49.5 Å². The van der Waals surface area contributed by atoms with Crippen LogP contribution in [0.3, 0.4) is 0 Å². The van der Waals surface area contributed by atoms with Crippen LogP contribution in [0.1, 0.15) is 29.5 Å². The summed E-state index contributed by atoms with van der Waals surface area (Å²) in [6.07, 6.45) is 2.34. The van der Waals surface area contributed by atoms with E-state index in [9.17, 15) is 0 Å². The monoisotopic (exact) mass is 303 g/mol. The third kappa shape index (κ3) is 2.32. The van der Waals surface area contributed by atoms with Crippen molar-refractivity contribution in [2.24, 2.45) is 0 Å². The Morgan fingerprint density at radius 3 is 2.43 bits per heavy atom. The Hall–Kier alpha value is 0.423. The number of halogens is 2. The first-order valence-corrected chi connectivity index (χ1v) is 5.46. The van der Waals surface area contributed by atoms with Crippen molar-refractivity contribution in [1.82, 2.24) is 0 Å². The molecule has 1 atom stereocenters. The van der Waals surface area contributed by atoms with Gasteiger partial charge < -0.3 is 24.8 Å². The maximum atomic E-state index is 2.34. The van der Waals surface area contributed by atoms with Gasteiger partial charge in [0.1, 0.15) is 0 Å². The molecule has 0 amide bonds. The summed E-state index contributed by atoms with van der Waals surface area (Å²) in [5.41, 5.74) is 4.42. The number of rotatable bonds is 0. The zero-order valence-electron chi connectivity index (χ0n) is 8.14. The predicted octanol–water partition coefficient (Wildman–Crippen LogP) is -2.99. The molecule has 3 heteroatoms. The fourth-order valence-corrected chi connectivity index (χ4v) is 2.61. The molecular formula is C11H11Cl2Zr. The zero-order chi connectivity index (χ0) is 8.72. The first kappa shape index (κ1) is 14.4. The van der Waals surface area contributed by atoms with Gasteiger partial charge in [-0.05, 0) is 0 Å². The third-order valence-corrected chi connectivity index (χ3v) is 3.99. The molecule has 2 rings (SSSR count). The van der Waals surface area contributed by atoms with Gasteiger partial charge in [0.05, 0.1) is 0 Å². The molecule has 0 aromatic heterocycles. The summed E-state index contributed by atoms with van der Waals surface area (Å²) in [5.74, 6) is 0.666. The molecule has 1 aliphatic rings. The molecule has 0 aliphatic heterocycles. The van der Waals surface area contributed by atoms with Crippen LogP contribution in [0.4, 0.5) is 0 Å². The summed E-state index contributed by atoms with van der Waals surface area (Å²) in [6, 6.07) is 6.57. The molecule has 0 saturated carbocycles. The summed E-state index contributed by atoms with van der Waals surface area (Å²) in [5, 5.41) is 0. The molecule has 0 saturated heterocycles. The quantitative estimate of drug-likeness (QED) is 0.480. The average Bonchev–Trinajstić information content (AvgIpc) is 2.29. The van der Waals surface area contributed by atoms with Gasteiger partial charge >= 0.3 is 88.7 Å². The molecular weight excluding hydrogens is 294 g/mol. The minimum atomic E-state index is 0. The van der Waals surface area contributed by atoms with E-state index >= 15 is 0 Å². The van der Waals surface area contributed by atoms with Crippen LogP contribution in [0.15, 0.2) is 21.5 Å². The smallest absolute Gasteiger partial charge is 1.00 e. The summed E-state index contributed by atoms with van der Waals surface area (Å²) < 4.78 is 1.58. The minimum Gasteiger partial charge on any atom is -1.00 e. The molecule has 73 valence electrons. The second-order valence-electron chi connectivity index (χ2n) is 3.40. The van der Waals surface area contributed by atoms with Crippen LogP contribution in [0.5, 0.6) is 0 Å². The van der Waals surface area contributed by atoms with Gasteiger partial charge in [-0.2, -0.15) is 0 Å². The molecule has 1 aliphatic carbocycles. The van der Waals surface area contributed by atoms with Crippen LogP contribution in [0.2, 0.25) is 0 Å². The molecule has 14 heavy (non-hydrogen) atoms. The number of hydrogen-bond donors (Lipinski definition) is 0. The van der Waals surface area contributed by atoms with E-state index in [0.717, 1.165) is 0 Å². The van der Waals surface area contributed by atoms with Gasteiger partial charge in [0, 0.05) is 0 Å². The number of allylic oxidation sites excluding steroid dienone is 1. The van der Waals surface area contributed by atoms with Crippen LogP contribution < -0.4 is 24.8 Å². The second kappa shape index (κ2) is 5.49. The Morgan fingerprint density at radius 2 is 1.86 bits per heavy atom. The standard InChI is InChI=1S/C11H11.2ClH.Zr/c1-8-4-3-5-10-7-6-9(2)11(8)10;;;/h3-5,7,9H,1-2H3;2*1H;/q;;;+2/p-2. The Bertz CT molecular complexity index is 358. The molecule has 1 aromatic carbocycles. The molecule has 0 radical (unpaired) electrons. The van der Waals surface area contributed by atoms with Gasteiger partial charge in [-0.15, -0.1) is 0 Å². The van der Waals surface area contributed by atoms with E-state index in [4.69, 9.17) is 0 Å². The van der Waals surface area contributed by atoms with Crippen LogP contribution in [0, 0.1) is 6.92 Å². The van der Waals surface area contributed by atoms with E-state index in [2.05, 4.69) is 38.1 Å². The van der Waals surface area contributed by atoms with E-state index in [1.807, 2.05) is 0 Å². The second-order valence-corrected chi connectivity index (χ2v) is 4.82. The topological polar surface area (TPSA) is 0 Å². The first-order valence-electron chi connectivity index (χ1n) is 4.23. The van der Waals surface area contributed by atoms with Crippen LogP contribution in [-0.2, 0) is 24.7 Å². The summed E-state index contributed by atoms with van der Waals surface area (Å²) in [7, 11) is 0. The number of aryl methyl sites for hydroxylation is 1. The summed E-state index contributed by atoms with van der Waals surface area (Å²) >= 11 is 1.56. The number of benzene rings is 1. The molecule has 0 N–H and O–H groups in total. The number of fused-ring (bicyclic) bond motifs is 1. The molecule has 0 heterocycles. The molecule has 0 spiro atoms. The fraction of sp³-hybridized carbons (Fsp3) is 0.273. The summed E-state index contributed by atoms with van der Waals surface area (Å²) in [4.78, 5) is 0. The van der Waals surface area contributed by atoms with E-state index in [1.54, 1.807) is 33.6 Å². The van der Waals surface area contributed by atoms with Crippen molar-refractivity contribution >= 4 is 6.08 Å². The predicted molar refractivity (Wildman–Crippen MR) is 47.6 cm³/mol. The van der Waals surface area contributed by atoms with E-state index in [0.29, 0.717) is 5.92 Å². The largest absolute Gasteiger partial charge is 1.00 e. The van der Waals surface area contributed by atoms with Gasteiger partial charge in [-0.3, -0.25) is 0 Å². The maximum Gasteiger partial charge on any atom is -1.00 e. The molecule has 0 fully saturated rings. The minimum absolute atomic E-state index is 0. The van der Waals surface area contributed by atoms with Crippen molar-refractivity contribution in [2.75, 3.05) is 0 Å². The molecule has 0 bridgehead atoms. The van der Waals surface area contributed by atoms with Crippen molar-refractivity contribution in [1.29, 1.82) is 0 Å². The van der Waals surface area contributed by atoms with Crippen LogP contribution in [0.25, 0.3) is 6.08 Å². The van der Waals surface area contributed by atoms with Crippen molar-refractivity contribution in [3.63, 3.8) is 0 Å². The van der Waals surface area contributed by atoms with Gasteiger partial charge in [0.15, 0.2) is 0 Å². The average molecular weight is 305 g/mol. The Labute approximate surface area is 113 Å². The van der Waals surface area contributed by atoms with E-state index < -0.39 is 0 Å². The van der Waals surface area contributed by atoms with E-state index in [-0.39, 0.29) is 24.8 Å². The van der Waals surface area contributed by atoms with Crippen molar-refractivity contribution in [2.45, 2.75) is 19.8 Å². The zero-order valence-corrected chi connectivity index (χ0v) is 12.1. The van der Waals surface area contributed by atoms with Crippen molar-refractivity contribution in [3.05, 3.63) is 38.2 Å². The Morgan fingerprint density at radius 1 is 1.21 bits per heavy atom. The number of hydrogen-bond acceptors (Lipinski definition) is 0. The Balaban J connectivity index is 0.000000845. The third-order valence-electron chi connectivity index (χ3n) is 2.57. The van der Waals surface area contributed by atoms with Gasteiger partial charge in [-0.25, -0.2) is 0 Å². The van der Waals surface area contributed by atoms with Crippen LogP contribution in [-0.4, -0.2) is 0 Å². The normalized spacial score (nSPS) is 17.7. The van der Waals surface area contributed by atoms with Gasteiger partial charge in [-0.1, -0.05) is 0 Å². The fourth-order valence-electron chi connectivity index (χ4n) is 1.87. The first-order chi connectivity index (χ1) is 5.70. The van der Waals surface area contributed by atoms with Crippen molar-refractivity contribution in [3.8, 4) is 0 Å².